The second kappa shape index (κ2) is 5.65. The van der Waals surface area contributed by atoms with Gasteiger partial charge in [-0.2, -0.15) is 5.26 Å². The molecule has 2 rings (SSSR count). The number of hydrogen-bond acceptors (Lipinski definition) is 3. The van der Waals surface area contributed by atoms with Crippen molar-refractivity contribution in [3.63, 3.8) is 0 Å². The molecule has 1 aliphatic rings. The van der Waals surface area contributed by atoms with E-state index in [1.807, 2.05) is 6.07 Å². The molecule has 4 nitrogen and oxygen atoms in total. The van der Waals surface area contributed by atoms with Crippen molar-refractivity contribution in [3.8, 4) is 6.07 Å². The largest absolute Gasteiger partial charge is 0.315 e. The molecular formula is C14H17N3O. The molecule has 0 radical (unpaired) electrons. The Kier molecular flexibility index (Phi) is 3.96. The number of hydrogen-bond donors (Lipinski definition) is 1. The van der Waals surface area contributed by atoms with E-state index in [1.54, 1.807) is 30.1 Å². The van der Waals surface area contributed by atoms with Crippen LogP contribution < -0.4 is 10.2 Å². The molecule has 1 aromatic rings. The SMILES string of the molecule is CN(C(=O)CC1CCCN1)c1cccc(C#N)c1. The fourth-order valence-corrected chi connectivity index (χ4v) is 2.21. The molecule has 0 aromatic heterocycles. The summed E-state index contributed by atoms with van der Waals surface area (Å²) < 4.78 is 0. The van der Waals surface area contributed by atoms with E-state index in [0.29, 0.717) is 18.0 Å². The Balaban J connectivity index is 2.03. The van der Waals surface area contributed by atoms with Crippen LogP contribution in [0.25, 0.3) is 0 Å². The molecule has 1 unspecified atom stereocenters. The Bertz CT molecular complexity index is 472. The van der Waals surface area contributed by atoms with Crippen molar-refractivity contribution < 1.29 is 4.79 Å². The van der Waals surface area contributed by atoms with Crippen molar-refractivity contribution in [2.75, 3.05) is 18.5 Å². The van der Waals surface area contributed by atoms with Gasteiger partial charge in [0, 0.05) is 25.2 Å². The number of rotatable bonds is 3. The summed E-state index contributed by atoms with van der Waals surface area (Å²) in [6.45, 7) is 1.01. The molecule has 1 saturated heterocycles. The Morgan fingerprint density at radius 2 is 2.44 bits per heavy atom. The number of carbonyl (C=O) groups excluding carboxylic acids is 1. The second-order valence-corrected chi connectivity index (χ2v) is 4.61. The van der Waals surface area contributed by atoms with Gasteiger partial charge in [0.05, 0.1) is 11.6 Å². The number of nitrogens with zero attached hydrogens (tertiary/aromatic N) is 2. The van der Waals surface area contributed by atoms with E-state index in [9.17, 15) is 4.79 Å². The molecule has 0 aliphatic carbocycles. The maximum absolute atomic E-state index is 12.1. The molecule has 1 heterocycles. The quantitative estimate of drug-likeness (QED) is 0.878. The van der Waals surface area contributed by atoms with Gasteiger partial charge in [0.25, 0.3) is 0 Å². The molecule has 0 saturated carbocycles. The summed E-state index contributed by atoms with van der Waals surface area (Å²) in [5.74, 6) is 0.0875. The molecule has 0 spiro atoms. The lowest BCUT2D eigenvalue weighted by atomic mass is 10.1. The molecule has 1 N–H and O–H groups in total. The highest BCUT2D eigenvalue weighted by molar-refractivity contribution is 5.93. The summed E-state index contributed by atoms with van der Waals surface area (Å²) in [6.07, 6.45) is 2.73. The minimum absolute atomic E-state index is 0.0875. The normalized spacial score (nSPS) is 18.3. The predicted molar refractivity (Wildman–Crippen MR) is 70.2 cm³/mol. The molecule has 1 aromatic carbocycles. The Morgan fingerprint density at radius 1 is 1.61 bits per heavy atom. The highest BCUT2D eigenvalue weighted by Gasteiger charge is 2.20. The van der Waals surface area contributed by atoms with Gasteiger partial charge < -0.3 is 10.2 Å². The predicted octanol–water partition coefficient (Wildman–Crippen LogP) is 1.66. The molecule has 94 valence electrons. The van der Waals surface area contributed by atoms with Gasteiger partial charge in [-0.15, -0.1) is 0 Å². The van der Waals surface area contributed by atoms with Gasteiger partial charge in [0.2, 0.25) is 5.91 Å². The zero-order valence-electron chi connectivity index (χ0n) is 10.5. The fraction of sp³-hybridized carbons (Fsp3) is 0.429. The second-order valence-electron chi connectivity index (χ2n) is 4.61. The van der Waals surface area contributed by atoms with E-state index in [4.69, 9.17) is 5.26 Å². The average molecular weight is 243 g/mol. The van der Waals surface area contributed by atoms with Gasteiger partial charge in [-0.25, -0.2) is 0 Å². The maximum Gasteiger partial charge on any atom is 0.228 e. The van der Waals surface area contributed by atoms with Crippen LogP contribution in [-0.4, -0.2) is 25.5 Å². The van der Waals surface area contributed by atoms with Gasteiger partial charge in [0.15, 0.2) is 0 Å². The van der Waals surface area contributed by atoms with Crippen LogP contribution in [0, 0.1) is 11.3 Å². The Hall–Kier alpha value is -1.86. The van der Waals surface area contributed by atoms with E-state index in [2.05, 4.69) is 11.4 Å². The van der Waals surface area contributed by atoms with Crippen molar-refractivity contribution in [1.29, 1.82) is 5.26 Å². The minimum atomic E-state index is 0.0875. The third-order valence-electron chi connectivity index (χ3n) is 3.32. The van der Waals surface area contributed by atoms with E-state index < -0.39 is 0 Å². The topological polar surface area (TPSA) is 56.1 Å². The summed E-state index contributed by atoms with van der Waals surface area (Å²) in [5, 5.41) is 12.2. The molecule has 0 bridgehead atoms. The van der Waals surface area contributed by atoms with Crippen LogP contribution in [0.4, 0.5) is 5.69 Å². The molecule has 4 heteroatoms. The van der Waals surface area contributed by atoms with Crippen molar-refractivity contribution in [3.05, 3.63) is 29.8 Å². The minimum Gasteiger partial charge on any atom is -0.315 e. The van der Waals surface area contributed by atoms with Crippen LogP contribution in [0.2, 0.25) is 0 Å². The summed E-state index contributed by atoms with van der Waals surface area (Å²) in [7, 11) is 1.76. The summed E-state index contributed by atoms with van der Waals surface area (Å²) in [6, 6.07) is 9.51. The molecule has 18 heavy (non-hydrogen) atoms. The van der Waals surface area contributed by atoms with Gasteiger partial charge in [-0.05, 0) is 37.6 Å². The molecular weight excluding hydrogens is 226 g/mol. The lowest BCUT2D eigenvalue weighted by Gasteiger charge is -2.19. The summed E-state index contributed by atoms with van der Waals surface area (Å²) in [4.78, 5) is 13.7. The Morgan fingerprint density at radius 3 is 3.11 bits per heavy atom. The van der Waals surface area contributed by atoms with Crippen molar-refractivity contribution in [1.82, 2.24) is 5.32 Å². The fourth-order valence-electron chi connectivity index (χ4n) is 2.21. The van der Waals surface area contributed by atoms with Crippen LogP contribution >= 0.6 is 0 Å². The van der Waals surface area contributed by atoms with Crippen LogP contribution in [-0.2, 0) is 4.79 Å². The zero-order valence-corrected chi connectivity index (χ0v) is 10.5. The lowest BCUT2D eigenvalue weighted by Crippen LogP contribution is -2.33. The maximum atomic E-state index is 12.1. The number of anilines is 1. The lowest BCUT2D eigenvalue weighted by molar-refractivity contribution is -0.118. The first kappa shape index (κ1) is 12.6. The highest BCUT2D eigenvalue weighted by Crippen LogP contribution is 2.17. The average Bonchev–Trinajstić information content (AvgIpc) is 2.90. The Labute approximate surface area is 107 Å². The first-order valence-corrected chi connectivity index (χ1v) is 6.21. The third-order valence-corrected chi connectivity index (χ3v) is 3.32. The number of nitrogens with one attached hydrogen (secondary N) is 1. The smallest absolute Gasteiger partial charge is 0.228 e. The molecule has 1 atom stereocenters. The molecule has 1 fully saturated rings. The van der Waals surface area contributed by atoms with Crippen LogP contribution in [0.1, 0.15) is 24.8 Å². The number of nitriles is 1. The van der Waals surface area contributed by atoms with E-state index in [-0.39, 0.29) is 5.91 Å². The summed E-state index contributed by atoms with van der Waals surface area (Å²) >= 11 is 0. The highest BCUT2D eigenvalue weighted by atomic mass is 16.2. The first-order chi connectivity index (χ1) is 8.70. The van der Waals surface area contributed by atoms with Crippen molar-refractivity contribution in [2.24, 2.45) is 0 Å². The van der Waals surface area contributed by atoms with Gasteiger partial charge >= 0.3 is 0 Å². The van der Waals surface area contributed by atoms with Crippen molar-refractivity contribution in [2.45, 2.75) is 25.3 Å². The zero-order chi connectivity index (χ0) is 13.0. The van der Waals surface area contributed by atoms with E-state index in [1.165, 1.54) is 0 Å². The van der Waals surface area contributed by atoms with Crippen LogP contribution in [0.5, 0.6) is 0 Å². The molecule has 1 aliphatic heterocycles. The van der Waals surface area contributed by atoms with Crippen LogP contribution in [0.3, 0.4) is 0 Å². The van der Waals surface area contributed by atoms with E-state index >= 15 is 0 Å². The number of carbonyl (C=O) groups is 1. The number of amides is 1. The standard InChI is InChI=1S/C14H17N3O/c1-17(13-6-2-4-11(8-13)10-15)14(18)9-12-5-3-7-16-12/h2,4,6,8,12,16H,3,5,7,9H2,1H3. The number of benzene rings is 1. The van der Waals surface area contributed by atoms with Gasteiger partial charge in [-0.3, -0.25) is 4.79 Å². The van der Waals surface area contributed by atoms with Crippen LogP contribution in [0.15, 0.2) is 24.3 Å². The summed E-state index contributed by atoms with van der Waals surface area (Å²) in [5.41, 5.74) is 1.35. The van der Waals surface area contributed by atoms with Gasteiger partial charge in [-0.1, -0.05) is 6.07 Å². The molecule has 1 amide bonds. The van der Waals surface area contributed by atoms with Crippen molar-refractivity contribution >= 4 is 11.6 Å². The first-order valence-electron chi connectivity index (χ1n) is 6.21. The third kappa shape index (κ3) is 2.88. The van der Waals surface area contributed by atoms with E-state index in [0.717, 1.165) is 25.1 Å². The monoisotopic (exact) mass is 243 g/mol. The van der Waals surface area contributed by atoms with Gasteiger partial charge in [0.1, 0.15) is 0 Å².